The molecule has 0 radical (unpaired) electrons. The Labute approximate surface area is 58.3 Å². The van der Waals surface area contributed by atoms with Crippen LogP contribution in [0.15, 0.2) is 0 Å². The van der Waals surface area contributed by atoms with Crippen molar-refractivity contribution in [1.29, 1.82) is 0 Å². The molecule has 0 saturated carbocycles. The molecular formula is C5H11IO. The second kappa shape index (κ2) is 2.87. The van der Waals surface area contributed by atoms with Gasteiger partial charge in [0.15, 0.2) is 0 Å². The Kier molecular flexibility index (Phi) is 3.15. The van der Waals surface area contributed by atoms with Gasteiger partial charge in [-0.05, 0) is 35.9 Å². The molecule has 0 aromatic carbocycles. The van der Waals surface area contributed by atoms with Crippen molar-refractivity contribution in [3.8, 4) is 0 Å². The molecule has 0 bridgehead atoms. The lowest BCUT2D eigenvalue weighted by atomic mass is 10.2. The van der Waals surface area contributed by atoms with E-state index in [0.29, 0.717) is 0 Å². The van der Waals surface area contributed by atoms with Gasteiger partial charge in [-0.15, -0.1) is 0 Å². The Hall–Kier alpha value is 0.690. The third-order valence-corrected chi connectivity index (χ3v) is 1.25. The van der Waals surface area contributed by atoms with Crippen LogP contribution in [0.25, 0.3) is 0 Å². The van der Waals surface area contributed by atoms with Gasteiger partial charge in [-0.25, -0.2) is 0 Å². The summed E-state index contributed by atoms with van der Waals surface area (Å²) in [5, 5.41) is 9.00. The molecule has 0 aliphatic heterocycles. The Morgan fingerprint density at radius 3 is 2.14 bits per heavy atom. The minimum Gasteiger partial charge on any atom is -0.380 e. The van der Waals surface area contributed by atoms with Crippen molar-refractivity contribution in [3.05, 3.63) is 0 Å². The molecule has 1 N–H and O–H groups in total. The maximum Gasteiger partial charge on any atom is 0.113 e. The standard InChI is InChI=1S/C5H11IO/c1-3-4-5(2,6)7/h7H,3-4H2,1-2H3. The van der Waals surface area contributed by atoms with E-state index < -0.39 is 3.61 Å². The molecule has 1 atom stereocenters. The predicted octanol–water partition coefficient (Wildman–Crippen LogP) is 1.93. The topological polar surface area (TPSA) is 20.2 Å². The molecule has 1 nitrogen and oxygen atoms in total. The van der Waals surface area contributed by atoms with Gasteiger partial charge < -0.3 is 5.11 Å². The molecule has 0 amide bonds. The van der Waals surface area contributed by atoms with E-state index in [1.54, 1.807) is 0 Å². The van der Waals surface area contributed by atoms with E-state index >= 15 is 0 Å². The Bertz CT molecular complexity index is 46.5. The quantitative estimate of drug-likeness (QED) is 0.550. The van der Waals surface area contributed by atoms with Crippen molar-refractivity contribution in [1.82, 2.24) is 0 Å². The molecule has 7 heavy (non-hydrogen) atoms. The molecule has 0 aliphatic carbocycles. The van der Waals surface area contributed by atoms with Gasteiger partial charge in [0.25, 0.3) is 0 Å². The second-order valence-corrected chi connectivity index (χ2v) is 4.22. The van der Waals surface area contributed by atoms with E-state index in [4.69, 9.17) is 5.11 Å². The summed E-state index contributed by atoms with van der Waals surface area (Å²) in [7, 11) is 0. The van der Waals surface area contributed by atoms with Crippen molar-refractivity contribution >= 4 is 22.6 Å². The average Bonchev–Trinajstić information content (AvgIpc) is 1.30. The third kappa shape index (κ3) is 6.69. The van der Waals surface area contributed by atoms with Gasteiger partial charge in [-0.2, -0.15) is 0 Å². The first-order valence-corrected chi connectivity index (χ1v) is 3.55. The van der Waals surface area contributed by atoms with Gasteiger partial charge in [0, 0.05) is 0 Å². The largest absolute Gasteiger partial charge is 0.380 e. The first kappa shape index (κ1) is 7.69. The first-order chi connectivity index (χ1) is 3.06. The minimum absolute atomic E-state index is 0.480. The SMILES string of the molecule is CCCC(C)(O)I. The molecule has 0 rings (SSSR count). The Morgan fingerprint density at radius 1 is 1.71 bits per heavy atom. The highest BCUT2D eigenvalue weighted by atomic mass is 127. The summed E-state index contributed by atoms with van der Waals surface area (Å²) in [6.07, 6.45) is 1.93. The van der Waals surface area contributed by atoms with Gasteiger partial charge in [-0.3, -0.25) is 0 Å². The van der Waals surface area contributed by atoms with Crippen molar-refractivity contribution in [3.63, 3.8) is 0 Å². The van der Waals surface area contributed by atoms with E-state index in [1.165, 1.54) is 0 Å². The van der Waals surface area contributed by atoms with Crippen molar-refractivity contribution in [2.24, 2.45) is 0 Å². The van der Waals surface area contributed by atoms with E-state index in [-0.39, 0.29) is 0 Å². The predicted molar refractivity (Wildman–Crippen MR) is 39.6 cm³/mol. The molecule has 0 aromatic heterocycles. The summed E-state index contributed by atoms with van der Waals surface area (Å²) < 4.78 is -0.480. The van der Waals surface area contributed by atoms with E-state index in [2.05, 4.69) is 6.92 Å². The number of halogens is 1. The molecule has 0 saturated heterocycles. The molecule has 0 heterocycles. The fraction of sp³-hybridized carbons (Fsp3) is 1.00. The fourth-order valence-electron chi connectivity index (χ4n) is 0.456. The second-order valence-electron chi connectivity index (χ2n) is 1.89. The smallest absolute Gasteiger partial charge is 0.113 e. The van der Waals surface area contributed by atoms with Crippen LogP contribution in [-0.2, 0) is 0 Å². The van der Waals surface area contributed by atoms with Crippen LogP contribution in [0, 0.1) is 0 Å². The molecular weight excluding hydrogens is 203 g/mol. The lowest BCUT2D eigenvalue weighted by Crippen LogP contribution is -2.11. The zero-order valence-electron chi connectivity index (χ0n) is 4.74. The zero-order chi connectivity index (χ0) is 5.91. The normalized spacial score (nSPS) is 18.9. The molecule has 44 valence electrons. The van der Waals surface area contributed by atoms with Crippen LogP contribution >= 0.6 is 22.6 Å². The average molecular weight is 214 g/mol. The molecule has 0 aliphatic rings. The van der Waals surface area contributed by atoms with Crippen LogP contribution < -0.4 is 0 Å². The summed E-state index contributed by atoms with van der Waals surface area (Å²) in [4.78, 5) is 0. The van der Waals surface area contributed by atoms with Crippen molar-refractivity contribution in [2.75, 3.05) is 0 Å². The minimum atomic E-state index is -0.480. The van der Waals surface area contributed by atoms with Gasteiger partial charge in [0.1, 0.15) is 3.61 Å². The first-order valence-electron chi connectivity index (χ1n) is 2.47. The Balaban J connectivity index is 3.15. The highest BCUT2D eigenvalue weighted by Crippen LogP contribution is 2.18. The fourth-order valence-corrected chi connectivity index (χ4v) is 0.996. The monoisotopic (exact) mass is 214 g/mol. The summed E-state index contributed by atoms with van der Waals surface area (Å²) in [6, 6.07) is 0. The van der Waals surface area contributed by atoms with Crippen LogP contribution in [0.1, 0.15) is 26.7 Å². The lowest BCUT2D eigenvalue weighted by molar-refractivity contribution is 0.165. The van der Waals surface area contributed by atoms with Gasteiger partial charge >= 0.3 is 0 Å². The maximum atomic E-state index is 9.00. The number of hydrogen-bond donors (Lipinski definition) is 1. The number of hydrogen-bond acceptors (Lipinski definition) is 1. The van der Waals surface area contributed by atoms with Crippen LogP contribution in [0.2, 0.25) is 0 Å². The highest BCUT2D eigenvalue weighted by Gasteiger charge is 2.11. The van der Waals surface area contributed by atoms with E-state index in [0.717, 1.165) is 12.8 Å². The zero-order valence-corrected chi connectivity index (χ0v) is 6.90. The number of rotatable bonds is 2. The van der Waals surface area contributed by atoms with Crippen molar-refractivity contribution in [2.45, 2.75) is 30.3 Å². The molecule has 2 heteroatoms. The molecule has 0 aromatic rings. The van der Waals surface area contributed by atoms with Crippen LogP contribution in [-0.4, -0.2) is 8.71 Å². The Morgan fingerprint density at radius 2 is 2.14 bits per heavy atom. The van der Waals surface area contributed by atoms with Gasteiger partial charge in [0.2, 0.25) is 0 Å². The van der Waals surface area contributed by atoms with Crippen LogP contribution in [0.4, 0.5) is 0 Å². The highest BCUT2D eigenvalue weighted by molar-refractivity contribution is 14.1. The van der Waals surface area contributed by atoms with Gasteiger partial charge in [0.05, 0.1) is 0 Å². The van der Waals surface area contributed by atoms with E-state index in [9.17, 15) is 0 Å². The van der Waals surface area contributed by atoms with Crippen molar-refractivity contribution < 1.29 is 5.11 Å². The molecule has 0 fully saturated rings. The van der Waals surface area contributed by atoms with Crippen LogP contribution in [0.3, 0.4) is 0 Å². The molecule has 1 unspecified atom stereocenters. The summed E-state index contributed by atoms with van der Waals surface area (Å²) in [5.41, 5.74) is 0. The van der Waals surface area contributed by atoms with Gasteiger partial charge in [-0.1, -0.05) is 13.3 Å². The number of aliphatic hydroxyl groups is 1. The lowest BCUT2D eigenvalue weighted by Gasteiger charge is -2.11. The van der Waals surface area contributed by atoms with Crippen LogP contribution in [0.5, 0.6) is 0 Å². The third-order valence-electron chi connectivity index (χ3n) is 0.706. The number of alkyl halides is 1. The summed E-state index contributed by atoms with van der Waals surface area (Å²) in [5.74, 6) is 0. The summed E-state index contributed by atoms with van der Waals surface area (Å²) >= 11 is 2.03. The summed E-state index contributed by atoms with van der Waals surface area (Å²) in [6.45, 7) is 3.88. The van der Waals surface area contributed by atoms with E-state index in [1.807, 2.05) is 29.5 Å². The maximum absolute atomic E-state index is 9.00. The molecule has 0 spiro atoms.